The van der Waals surface area contributed by atoms with Gasteiger partial charge in [0, 0.05) is 36.3 Å². The summed E-state index contributed by atoms with van der Waals surface area (Å²) in [7, 11) is 1.67. The number of ether oxygens (including phenoxy) is 1. The number of nitrogens with one attached hydrogen (secondary N) is 4. The molecule has 0 unspecified atom stereocenters. The minimum atomic E-state index is -0.659. The van der Waals surface area contributed by atoms with Gasteiger partial charge in [-0.2, -0.15) is 5.11 Å². The number of pyridine rings is 1. The Morgan fingerprint density at radius 3 is 2.79 bits per heavy atom. The Kier molecular flexibility index (Phi) is 7.39. The first-order valence-corrected chi connectivity index (χ1v) is 10.3. The minimum absolute atomic E-state index is 0.00492. The first-order chi connectivity index (χ1) is 15.9. The number of para-hydroxylation sites is 1. The maximum absolute atomic E-state index is 14.8. The summed E-state index contributed by atoms with van der Waals surface area (Å²) in [5.74, 6) is -0.745. The number of hydrogen-bond donors (Lipinski definition) is 5. The SMILES string of the molecule is CCCNC(=O)c1c(N)c2cccc(-c3cc(OC/C(=C/NC)N=N)ccc3F)c2[nH]c1=O. The molecule has 2 aromatic carbocycles. The van der Waals surface area contributed by atoms with Crippen molar-refractivity contribution in [1.82, 2.24) is 15.6 Å². The predicted octanol–water partition coefficient (Wildman–Crippen LogP) is 3.53. The Hall–Kier alpha value is -4.21. The van der Waals surface area contributed by atoms with Gasteiger partial charge in [-0.15, -0.1) is 0 Å². The molecule has 0 saturated heterocycles. The molecule has 0 fully saturated rings. The van der Waals surface area contributed by atoms with Gasteiger partial charge in [0.05, 0.1) is 11.2 Å². The number of aromatic nitrogens is 1. The van der Waals surface area contributed by atoms with E-state index in [1.807, 2.05) is 6.92 Å². The van der Waals surface area contributed by atoms with Crippen molar-refractivity contribution in [3.05, 3.63) is 70.0 Å². The van der Waals surface area contributed by atoms with Crippen molar-refractivity contribution in [3.63, 3.8) is 0 Å². The molecule has 0 radical (unpaired) electrons. The lowest BCUT2D eigenvalue weighted by molar-refractivity contribution is 0.0953. The fraction of sp³-hybridized carbons (Fsp3) is 0.217. The number of nitrogen functional groups attached to an aromatic ring is 1. The van der Waals surface area contributed by atoms with Gasteiger partial charge in [0.15, 0.2) is 0 Å². The van der Waals surface area contributed by atoms with E-state index in [4.69, 9.17) is 16.0 Å². The van der Waals surface area contributed by atoms with Gasteiger partial charge in [-0.05, 0) is 24.6 Å². The van der Waals surface area contributed by atoms with Gasteiger partial charge in [-0.25, -0.2) is 9.92 Å². The zero-order valence-corrected chi connectivity index (χ0v) is 18.3. The zero-order valence-electron chi connectivity index (χ0n) is 18.3. The number of benzene rings is 2. The standard InChI is InChI=1S/C23H25FN6O3/c1-3-9-28-22(31)19-20(25)16-6-4-5-15(21(16)29-23(19)32)17-10-14(7-8-18(17)24)33-12-13(30-26)11-27-2/h4-8,10-11,26-27H,3,9,12H2,1-2H3,(H,28,31)(H3,25,29,32)/b13-11-,30-26?. The van der Waals surface area contributed by atoms with E-state index in [1.165, 1.54) is 24.4 Å². The van der Waals surface area contributed by atoms with E-state index in [0.29, 0.717) is 40.9 Å². The second kappa shape index (κ2) is 10.4. The second-order valence-electron chi connectivity index (χ2n) is 7.19. The zero-order chi connectivity index (χ0) is 24.0. The summed E-state index contributed by atoms with van der Waals surface area (Å²) in [4.78, 5) is 27.8. The summed E-state index contributed by atoms with van der Waals surface area (Å²) in [6.45, 7) is 2.31. The van der Waals surface area contributed by atoms with Crippen molar-refractivity contribution in [2.75, 3.05) is 25.9 Å². The monoisotopic (exact) mass is 452 g/mol. The number of nitrogens with zero attached hydrogens (tertiary/aromatic N) is 1. The van der Waals surface area contributed by atoms with Gasteiger partial charge in [-0.3, -0.25) is 9.59 Å². The van der Waals surface area contributed by atoms with Gasteiger partial charge >= 0.3 is 0 Å². The van der Waals surface area contributed by atoms with Crippen molar-refractivity contribution in [3.8, 4) is 16.9 Å². The van der Waals surface area contributed by atoms with Crippen molar-refractivity contribution >= 4 is 22.5 Å². The molecule has 1 aromatic heterocycles. The van der Waals surface area contributed by atoms with E-state index in [1.54, 1.807) is 25.2 Å². The Balaban J connectivity index is 2.07. The highest BCUT2D eigenvalue weighted by molar-refractivity contribution is 6.08. The van der Waals surface area contributed by atoms with Crippen LogP contribution in [0.1, 0.15) is 23.7 Å². The van der Waals surface area contributed by atoms with Crippen molar-refractivity contribution < 1.29 is 13.9 Å². The molecule has 3 aromatic rings. The van der Waals surface area contributed by atoms with E-state index in [0.717, 1.165) is 0 Å². The van der Waals surface area contributed by atoms with Crippen LogP contribution in [0.5, 0.6) is 5.75 Å². The van der Waals surface area contributed by atoms with E-state index in [2.05, 4.69) is 20.7 Å². The molecule has 0 aliphatic rings. The second-order valence-corrected chi connectivity index (χ2v) is 7.19. The van der Waals surface area contributed by atoms with Crippen LogP contribution < -0.4 is 26.7 Å². The predicted molar refractivity (Wildman–Crippen MR) is 125 cm³/mol. The summed E-state index contributed by atoms with van der Waals surface area (Å²) >= 11 is 0. The molecular weight excluding hydrogens is 427 g/mol. The molecule has 3 rings (SSSR count). The van der Waals surface area contributed by atoms with Gasteiger partial charge in [0.2, 0.25) is 0 Å². The van der Waals surface area contributed by atoms with Crippen molar-refractivity contribution in [2.45, 2.75) is 13.3 Å². The number of carbonyl (C=O) groups excluding carboxylic acids is 1. The number of amides is 1. The third-order valence-electron chi connectivity index (χ3n) is 4.92. The molecule has 1 heterocycles. The van der Waals surface area contributed by atoms with E-state index >= 15 is 0 Å². The van der Waals surface area contributed by atoms with Gasteiger partial charge < -0.3 is 26.1 Å². The highest BCUT2D eigenvalue weighted by Gasteiger charge is 2.20. The number of fused-ring (bicyclic) bond motifs is 1. The number of nitrogens with two attached hydrogens (primary N) is 1. The molecule has 0 atom stereocenters. The lowest BCUT2D eigenvalue weighted by Gasteiger charge is -2.13. The first-order valence-electron chi connectivity index (χ1n) is 10.3. The highest BCUT2D eigenvalue weighted by Crippen LogP contribution is 2.34. The third kappa shape index (κ3) is 5.00. The summed E-state index contributed by atoms with van der Waals surface area (Å²) in [6.07, 6.45) is 2.23. The van der Waals surface area contributed by atoms with Crippen LogP contribution in [-0.4, -0.2) is 31.1 Å². The lowest BCUT2D eigenvalue weighted by atomic mass is 9.99. The summed E-state index contributed by atoms with van der Waals surface area (Å²) in [6, 6.07) is 9.15. The van der Waals surface area contributed by atoms with Crippen LogP contribution in [0.25, 0.3) is 22.0 Å². The lowest BCUT2D eigenvalue weighted by Crippen LogP contribution is -2.31. The molecular formula is C23H25FN6O3. The van der Waals surface area contributed by atoms with Gasteiger partial charge in [0.1, 0.15) is 29.4 Å². The molecule has 0 aliphatic heterocycles. The van der Waals surface area contributed by atoms with Crippen molar-refractivity contribution in [2.24, 2.45) is 5.11 Å². The molecule has 33 heavy (non-hydrogen) atoms. The number of halogens is 1. The molecule has 172 valence electrons. The van der Waals surface area contributed by atoms with Crippen LogP contribution >= 0.6 is 0 Å². The van der Waals surface area contributed by atoms with Gasteiger partial charge in [0.25, 0.3) is 11.5 Å². The number of H-pyrrole nitrogens is 1. The van der Waals surface area contributed by atoms with Crippen molar-refractivity contribution in [1.29, 1.82) is 5.53 Å². The fourth-order valence-electron chi connectivity index (χ4n) is 3.35. The molecule has 9 nitrogen and oxygen atoms in total. The summed E-state index contributed by atoms with van der Waals surface area (Å²) in [5, 5.41) is 9.19. The molecule has 0 spiro atoms. The Labute approximate surface area is 189 Å². The van der Waals surface area contributed by atoms with Crippen LogP contribution in [0.2, 0.25) is 0 Å². The largest absolute Gasteiger partial charge is 0.487 e. The Morgan fingerprint density at radius 2 is 2.09 bits per heavy atom. The number of carbonyl (C=O) groups is 1. The van der Waals surface area contributed by atoms with E-state index < -0.39 is 17.3 Å². The maximum Gasteiger partial charge on any atom is 0.263 e. The van der Waals surface area contributed by atoms with Crippen LogP contribution in [-0.2, 0) is 0 Å². The van der Waals surface area contributed by atoms with Gasteiger partial charge in [-0.1, -0.05) is 25.1 Å². The number of anilines is 1. The van der Waals surface area contributed by atoms with Crippen LogP contribution in [0.4, 0.5) is 10.1 Å². The quantitative estimate of drug-likeness (QED) is 0.315. The van der Waals surface area contributed by atoms with Crippen LogP contribution in [0, 0.1) is 11.3 Å². The molecule has 6 N–H and O–H groups in total. The summed E-state index contributed by atoms with van der Waals surface area (Å²) < 4.78 is 20.4. The molecule has 0 saturated carbocycles. The van der Waals surface area contributed by atoms with E-state index in [9.17, 15) is 14.0 Å². The van der Waals surface area contributed by atoms with E-state index in [-0.39, 0.29) is 23.4 Å². The number of hydrogen-bond acceptors (Lipinski definition) is 7. The maximum atomic E-state index is 14.8. The van der Waals surface area contributed by atoms with Crippen LogP contribution in [0.15, 0.2) is 58.2 Å². The molecule has 0 aliphatic carbocycles. The highest BCUT2D eigenvalue weighted by atomic mass is 19.1. The normalized spacial score (nSPS) is 11.3. The molecule has 0 bridgehead atoms. The number of rotatable bonds is 9. The molecule has 1 amide bonds. The minimum Gasteiger partial charge on any atom is -0.487 e. The first kappa shape index (κ1) is 23.5. The Morgan fingerprint density at radius 1 is 1.30 bits per heavy atom. The smallest absolute Gasteiger partial charge is 0.263 e. The average molecular weight is 452 g/mol. The van der Waals surface area contributed by atoms with Crippen LogP contribution in [0.3, 0.4) is 0 Å². The average Bonchev–Trinajstić information content (AvgIpc) is 2.81. The fourth-order valence-corrected chi connectivity index (χ4v) is 3.35. The molecule has 10 heteroatoms. The third-order valence-corrected chi connectivity index (χ3v) is 4.92. The Bertz CT molecular complexity index is 1290. The summed E-state index contributed by atoms with van der Waals surface area (Å²) in [5.41, 5.74) is 13.8. The number of aromatic amines is 1. The topological polar surface area (TPSA) is 145 Å².